The maximum Gasteiger partial charge on any atom is 0.160 e. The first-order valence-electron chi connectivity index (χ1n) is 36.7. The molecule has 0 N–H and O–H groups in total. The number of hydrogen-bond acceptors (Lipinski definition) is 4. The van der Waals surface area contributed by atoms with Crippen LogP contribution in [-0.4, -0.2) is 19.9 Å². The van der Waals surface area contributed by atoms with Crippen molar-refractivity contribution in [1.29, 1.82) is 0 Å². The van der Waals surface area contributed by atoms with Crippen LogP contribution in [0, 0.1) is 0 Å². The van der Waals surface area contributed by atoms with Gasteiger partial charge in [0.25, 0.3) is 0 Å². The van der Waals surface area contributed by atoms with E-state index < -0.39 is 10.8 Å². The fraction of sp³-hybridized carbons (Fsp3) is 0.0392. The molecule has 2 heterocycles. The van der Waals surface area contributed by atoms with Crippen LogP contribution < -0.4 is 0 Å². The average Bonchev–Trinajstić information content (AvgIpc) is 1.35. The number of fused-ring (bicyclic) bond motifs is 6. The normalized spacial score (nSPS) is 14.8. The van der Waals surface area contributed by atoms with Crippen LogP contribution in [0.4, 0.5) is 0 Å². The van der Waals surface area contributed by atoms with Crippen LogP contribution in [0.2, 0.25) is 0 Å². The first-order valence-corrected chi connectivity index (χ1v) is 36.7. The second-order valence-corrected chi connectivity index (χ2v) is 28.5. The van der Waals surface area contributed by atoms with Crippen molar-refractivity contribution in [2.24, 2.45) is 0 Å². The Balaban J connectivity index is 0.642. The standard InChI is InChI=1S/C102H66N4/c1-7-27-69(28-8-1)99-103-91(67-53-49-65(50-54-67)77-43-25-45-85-79-39-21-23-47-89(79)101(97(77)85,73-31-11-3-12-32-73)74-33-13-4-14-34-74)63-93(105-99)71-57-59-83-87(61-71)95-81-41-19-20-42-82(81)96(83)88-62-72(58-60-84(88)95)94-64-92(104-100(106-94)70-29-9-2-10-30-70)68-55-51-66(52-56-68)78-44-26-46-86-80-40-22-24-48-90(80)102(98(78)86,75-35-15-5-16-36-75)76-37-17-6-18-38-76/h1-64,95-96H. The van der Waals surface area contributed by atoms with Gasteiger partial charge in [0.2, 0.25) is 0 Å². The lowest BCUT2D eigenvalue weighted by Gasteiger charge is -2.42. The summed E-state index contributed by atoms with van der Waals surface area (Å²) in [5.74, 6) is 1.37. The third-order valence-corrected chi connectivity index (χ3v) is 23.1. The molecule has 5 aliphatic carbocycles. The van der Waals surface area contributed by atoms with Crippen LogP contribution in [0.3, 0.4) is 0 Å². The van der Waals surface area contributed by atoms with Crippen LogP contribution in [0.25, 0.3) is 112 Å². The van der Waals surface area contributed by atoms with Crippen molar-refractivity contribution in [3.8, 4) is 112 Å². The Morgan fingerprint density at radius 3 is 0.821 bits per heavy atom. The van der Waals surface area contributed by atoms with E-state index in [0.29, 0.717) is 11.6 Å². The van der Waals surface area contributed by atoms with E-state index in [1.54, 1.807) is 0 Å². The molecule has 5 aliphatic rings. The van der Waals surface area contributed by atoms with E-state index in [2.05, 4.69) is 388 Å². The van der Waals surface area contributed by atoms with Crippen LogP contribution in [0.5, 0.6) is 0 Å². The third-order valence-electron chi connectivity index (χ3n) is 23.1. The van der Waals surface area contributed by atoms with Gasteiger partial charge in [0, 0.05) is 45.2 Å². The molecule has 4 nitrogen and oxygen atoms in total. The molecule has 2 unspecified atom stereocenters. The summed E-state index contributed by atoms with van der Waals surface area (Å²) in [5, 5.41) is 0. The molecule has 15 aromatic carbocycles. The van der Waals surface area contributed by atoms with Crippen molar-refractivity contribution in [1.82, 2.24) is 19.9 Å². The van der Waals surface area contributed by atoms with Gasteiger partial charge in [-0.3, -0.25) is 0 Å². The highest BCUT2D eigenvalue weighted by atomic mass is 14.9. The maximum atomic E-state index is 5.44. The number of aromatic nitrogens is 4. The number of hydrogen-bond donors (Lipinski definition) is 0. The van der Waals surface area contributed by atoms with Crippen molar-refractivity contribution >= 4 is 0 Å². The second-order valence-electron chi connectivity index (χ2n) is 28.5. The molecule has 494 valence electrons. The molecule has 17 aromatic rings. The van der Waals surface area contributed by atoms with E-state index in [9.17, 15) is 0 Å². The van der Waals surface area contributed by atoms with E-state index in [1.165, 1.54) is 111 Å². The zero-order valence-corrected chi connectivity index (χ0v) is 57.9. The number of benzene rings is 15. The Bertz CT molecular complexity index is 5830. The molecule has 0 fully saturated rings. The van der Waals surface area contributed by atoms with Gasteiger partial charge in [-0.2, -0.15) is 0 Å². The van der Waals surface area contributed by atoms with Crippen molar-refractivity contribution in [3.05, 3.63) is 466 Å². The highest BCUT2D eigenvalue weighted by Gasteiger charge is 2.50. The first-order chi connectivity index (χ1) is 52.6. The molecular formula is C102H66N4. The molecule has 0 amide bonds. The summed E-state index contributed by atoms with van der Waals surface area (Å²) < 4.78 is 0. The smallest absolute Gasteiger partial charge is 0.160 e. The van der Waals surface area contributed by atoms with E-state index in [4.69, 9.17) is 19.9 Å². The molecule has 0 spiro atoms. The van der Waals surface area contributed by atoms with Crippen LogP contribution in [-0.2, 0) is 10.8 Å². The van der Waals surface area contributed by atoms with E-state index in [-0.39, 0.29) is 11.8 Å². The molecule has 22 rings (SSSR count). The Morgan fingerprint density at radius 1 is 0.179 bits per heavy atom. The average molecular weight is 1350 g/mol. The van der Waals surface area contributed by atoms with Crippen LogP contribution in [0.15, 0.2) is 388 Å². The molecule has 106 heavy (non-hydrogen) atoms. The van der Waals surface area contributed by atoms with Crippen LogP contribution >= 0.6 is 0 Å². The molecule has 2 atom stereocenters. The van der Waals surface area contributed by atoms with Gasteiger partial charge in [-0.25, -0.2) is 19.9 Å². The van der Waals surface area contributed by atoms with E-state index in [0.717, 1.165) is 67.3 Å². The first kappa shape index (κ1) is 61.2. The third kappa shape index (κ3) is 9.40. The fourth-order valence-corrected chi connectivity index (χ4v) is 18.6. The molecule has 0 radical (unpaired) electrons. The van der Waals surface area contributed by atoms with E-state index >= 15 is 0 Å². The predicted octanol–water partition coefficient (Wildman–Crippen LogP) is 24.3. The quantitative estimate of drug-likeness (QED) is 0.122. The number of rotatable bonds is 12. The lowest BCUT2D eigenvalue weighted by Crippen LogP contribution is -2.29. The molecule has 0 saturated carbocycles. The topological polar surface area (TPSA) is 51.6 Å². The van der Waals surface area contributed by atoms with Gasteiger partial charge in [0.05, 0.1) is 33.6 Å². The zero-order valence-electron chi connectivity index (χ0n) is 57.9. The monoisotopic (exact) mass is 1350 g/mol. The minimum absolute atomic E-state index is 0.00213. The van der Waals surface area contributed by atoms with Crippen LogP contribution in [0.1, 0.15) is 89.7 Å². The molecule has 2 bridgehead atoms. The summed E-state index contributed by atoms with van der Waals surface area (Å²) in [6.45, 7) is 0. The van der Waals surface area contributed by atoms with Crippen molar-refractivity contribution in [3.63, 3.8) is 0 Å². The summed E-state index contributed by atoms with van der Waals surface area (Å²) in [5.41, 5.74) is 36.3. The Morgan fingerprint density at radius 2 is 0.453 bits per heavy atom. The summed E-state index contributed by atoms with van der Waals surface area (Å²) in [7, 11) is 0. The lowest BCUT2D eigenvalue weighted by molar-refractivity contribution is 0.755. The van der Waals surface area contributed by atoms with Gasteiger partial charge in [0.1, 0.15) is 0 Å². The summed E-state index contributed by atoms with van der Waals surface area (Å²) in [6, 6.07) is 142. The summed E-state index contributed by atoms with van der Waals surface area (Å²) in [6.07, 6.45) is 0. The van der Waals surface area contributed by atoms with Gasteiger partial charge < -0.3 is 0 Å². The Hall–Kier alpha value is -13.5. The minimum atomic E-state index is -0.536. The molecule has 0 saturated heterocycles. The Kier molecular flexibility index (Phi) is 14.2. The molecular weight excluding hydrogens is 1280 g/mol. The largest absolute Gasteiger partial charge is 0.228 e. The second kappa shape index (κ2) is 24.6. The van der Waals surface area contributed by atoms with Gasteiger partial charge in [0.15, 0.2) is 11.6 Å². The molecule has 4 heteroatoms. The van der Waals surface area contributed by atoms with E-state index in [1.807, 2.05) is 0 Å². The molecule has 0 aliphatic heterocycles. The fourth-order valence-electron chi connectivity index (χ4n) is 18.6. The summed E-state index contributed by atoms with van der Waals surface area (Å²) >= 11 is 0. The summed E-state index contributed by atoms with van der Waals surface area (Å²) in [4.78, 5) is 21.7. The molecule has 2 aromatic heterocycles. The number of nitrogens with zero attached hydrogens (tertiary/aromatic N) is 4. The Labute approximate surface area is 617 Å². The van der Waals surface area contributed by atoms with Gasteiger partial charge >= 0.3 is 0 Å². The van der Waals surface area contributed by atoms with Crippen molar-refractivity contribution in [2.45, 2.75) is 22.7 Å². The maximum absolute atomic E-state index is 5.44. The van der Waals surface area contributed by atoms with Gasteiger partial charge in [-0.15, -0.1) is 0 Å². The van der Waals surface area contributed by atoms with Crippen molar-refractivity contribution in [2.75, 3.05) is 0 Å². The lowest BCUT2D eigenvalue weighted by atomic mass is 9.60. The highest BCUT2D eigenvalue weighted by molar-refractivity contribution is 5.95. The zero-order chi connectivity index (χ0) is 69.9. The van der Waals surface area contributed by atoms with Crippen molar-refractivity contribution < 1.29 is 0 Å². The van der Waals surface area contributed by atoms with Gasteiger partial charge in [-0.05, 0) is 147 Å². The highest BCUT2D eigenvalue weighted by Crippen LogP contribution is 2.62. The SMILES string of the molecule is c1ccc(-c2nc(-c3ccc(-c4cccc5c4C(c4ccccc4)(c4ccccc4)c4ccccc4-5)cc3)cc(-c3ccc4c(c3)C3c5ccccc5C4c4cc(-c5cc(-c6ccc(-c7cccc8c7C(c7ccccc7)(c7ccccc7)c7ccccc7-8)cc6)nc(-c6ccccc6)n5)ccc43)n2)cc1. The van der Waals surface area contributed by atoms with Gasteiger partial charge in [-0.1, -0.05) is 364 Å². The predicted molar refractivity (Wildman–Crippen MR) is 430 cm³/mol. The minimum Gasteiger partial charge on any atom is -0.228 e.